The van der Waals surface area contributed by atoms with Crippen molar-refractivity contribution in [2.45, 2.75) is 5.16 Å². The fourth-order valence-electron chi connectivity index (χ4n) is 0.703. The SMILES string of the molecule is NSc1ncc2nnnc-2[nH]1. The molecule has 2 rings (SSSR count). The number of fused-ring (bicyclic) bond motifs is 1. The second kappa shape index (κ2) is 2.44. The number of aromatic nitrogens is 5. The Balaban J connectivity index is 2.59. The van der Waals surface area contributed by atoms with E-state index < -0.39 is 0 Å². The number of hydrogen-bond donors (Lipinski definition) is 2. The molecule has 0 fully saturated rings. The van der Waals surface area contributed by atoms with Crippen molar-refractivity contribution in [1.29, 1.82) is 0 Å². The Morgan fingerprint density at radius 1 is 1.45 bits per heavy atom. The van der Waals surface area contributed by atoms with Crippen molar-refractivity contribution >= 4 is 11.9 Å². The molecule has 0 saturated heterocycles. The largest absolute Gasteiger partial charge is 0.315 e. The summed E-state index contributed by atoms with van der Waals surface area (Å²) in [5, 5.41) is 16.7. The van der Waals surface area contributed by atoms with Crippen molar-refractivity contribution in [1.82, 2.24) is 25.4 Å². The van der Waals surface area contributed by atoms with Gasteiger partial charge in [-0.2, -0.15) is 0 Å². The quantitative estimate of drug-likeness (QED) is 0.447. The van der Waals surface area contributed by atoms with Crippen LogP contribution in [0, 0.1) is 0 Å². The van der Waals surface area contributed by atoms with E-state index in [1.54, 1.807) is 6.20 Å². The second-order valence-corrected chi connectivity index (χ2v) is 2.45. The van der Waals surface area contributed by atoms with Gasteiger partial charge in [0.15, 0.2) is 16.7 Å². The number of hydrogen-bond acceptors (Lipinski definition) is 6. The first kappa shape index (κ1) is 6.50. The van der Waals surface area contributed by atoms with Crippen molar-refractivity contribution in [3.63, 3.8) is 0 Å². The Morgan fingerprint density at radius 3 is 3.18 bits per heavy atom. The molecular weight excluding hydrogens is 164 g/mol. The average molecular weight is 168 g/mol. The fourth-order valence-corrected chi connectivity index (χ4v) is 0.972. The van der Waals surface area contributed by atoms with Gasteiger partial charge >= 0.3 is 0 Å². The summed E-state index contributed by atoms with van der Waals surface area (Å²) in [5.41, 5.74) is 0.641. The van der Waals surface area contributed by atoms with Gasteiger partial charge < -0.3 is 4.98 Å². The van der Waals surface area contributed by atoms with Crippen molar-refractivity contribution in [2.75, 3.05) is 0 Å². The van der Waals surface area contributed by atoms with E-state index in [4.69, 9.17) is 5.14 Å². The number of nitrogens with two attached hydrogens (primary N) is 1. The molecule has 0 saturated carbocycles. The third-order valence-corrected chi connectivity index (χ3v) is 1.61. The molecule has 0 unspecified atom stereocenters. The van der Waals surface area contributed by atoms with Gasteiger partial charge in [0.2, 0.25) is 0 Å². The van der Waals surface area contributed by atoms with Crippen LogP contribution in [0.3, 0.4) is 0 Å². The standard InChI is InChI=1S/C4H4N6S/c5-11-4-6-1-2-3(7-4)9-10-8-2/h1H,5H2,(H,6,7,8,9,10). The Bertz CT molecular complexity index is 331. The second-order valence-electron chi connectivity index (χ2n) is 1.83. The van der Waals surface area contributed by atoms with Gasteiger partial charge in [-0.25, -0.2) is 4.98 Å². The van der Waals surface area contributed by atoms with Crippen LogP contribution in [-0.2, 0) is 0 Å². The molecule has 0 spiro atoms. The lowest BCUT2D eigenvalue weighted by Crippen LogP contribution is -1.93. The van der Waals surface area contributed by atoms with E-state index in [0.717, 1.165) is 11.9 Å². The zero-order valence-corrected chi connectivity index (χ0v) is 6.17. The lowest BCUT2D eigenvalue weighted by Gasteiger charge is -1.95. The van der Waals surface area contributed by atoms with Crippen LogP contribution in [0.15, 0.2) is 11.4 Å². The normalized spacial score (nSPS) is 10.6. The van der Waals surface area contributed by atoms with Crippen LogP contribution in [0.25, 0.3) is 11.5 Å². The number of nitrogens with zero attached hydrogens (tertiary/aromatic N) is 4. The molecule has 3 N–H and O–H groups in total. The van der Waals surface area contributed by atoms with E-state index in [-0.39, 0.29) is 0 Å². The molecule has 6 nitrogen and oxygen atoms in total. The molecule has 2 heterocycles. The molecule has 0 amide bonds. The molecule has 0 aromatic carbocycles. The monoisotopic (exact) mass is 168 g/mol. The highest BCUT2D eigenvalue weighted by Crippen LogP contribution is 2.13. The van der Waals surface area contributed by atoms with Crippen LogP contribution >= 0.6 is 11.9 Å². The van der Waals surface area contributed by atoms with Gasteiger partial charge in [0.1, 0.15) is 0 Å². The zero-order valence-electron chi connectivity index (χ0n) is 5.35. The van der Waals surface area contributed by atoms with E-state index in [1.165, 1.54) is 0 Å². The molecule has 2 aliphatic heterocycles. The molecule has 11 heavy (non-hydrogen) atoms. The summed E-state index contributed by atoms with van der Waals surface area (Å²) >= 11 is 1.02. The van der Waals surface area contributed by atoms with Crippen LogP contribution in [0.1, 0.15) is 0 Å². The maximum Gasteiger partial charge on any atom is 0.185 e. The highest BCUT2D eigenvalue weighted by atomic mass is 32.2. The molecule has 0 atom stereocenters. The third kappa shape index (κ3) is 1.03. The van der Waals surface area contributed by atoms with E-state index in [1.807, 2.05) is 0 Å². The zero-order chi connectivity index (χ0) is 7.68. The van der Waals surface area contributed by atoms with Crippen LogP contribution in [0.5, 0.6) is 0 Å². The molecule has 0 bridgehead atoms. The first-order valence-electron chi connectivity index (χ1n) is 2.81. The van der Waals surface area contributed by atoms with E-state index in [9.17, 15) is 0 Å². The molecule has 0 radical (unpaired) electrons. The summed E-state index contributed by atoms with van der Waals surface area (Å²) in [6.45, 7) is 0. The Hall–Kier alpha value is -1.21. The van der Waals surface area contributed by atoms with Crippen LogP contribution in [0.4, 0.5) is 0 Å². The highest BCUT2D eigenvalue weighted by Gasteiger charge is 2.07. The summed E-state index contributed by atoms with van der Waals surface area (Å²) in [4.78, 5) is 6.78. The van der Waals surface area contributed by atoms with Gasteiger partial charge in [0.25, 0.3) is 0 Å². The topological polar surface area (TPSA) is 93.4 Å². The van der Waals surface area contributed by atoms with Crippen molar-refractivity contribution in [3.05, 3.63) is 6.20 Å². The number of rotatable bonds is 1. The highest BCUT2D eigenvalue weighted by molar-refractivity contribution is 7.96. The van der Waals surface area contributed by atoms with Crippen molar-refractivity contribution in [3.8, 4) is 11.5 Å². The predicted octanol–water partition coefficient (Wildman–Crippen LogP) is -0.335. The van der Waals surface area contributed by atoms with Gasteiger partial charge in [-0.1, -0.05) is 0 Å². The Labute approximate surface area is 66.1 Å². The summed E-state index contributed by atoms with van der Waals surface area (Å²) < 4.78 is 0. The molecular formula is C4H4N6S. The number of H-pyrrole nitrogens is 1. The van der Waals surface area contributed by atoms with E-state index in [0.29, 0.717) is 16.7 Å². The van der Waals surface area contributed by atoms with Gasteiger partial charge in [-0.05, 0) is 17.2 Å². The maximum absolute atomic E-state index is 5.26. The smallest absolute Gasteiger partial charge is 0.185 e. The molecule has 2 aliphatic rings. The first-order chi connectivity index (χ1) is 5.40. The Kier molecular flexibility index (Phi) is 1.44. The van der Waals surface area contributed by atoms with Gasteiger partial charge in [0, 0.05) is 0 Å². The summed E-state index contributed by atoms with van der Waals surface area (Å²) in [6, 6.07) is 0. The van der Waals surface area contributed by atoms with Crippen molar-refractivity contribution in [2.24, 2.45) is 5.14 Å². The van der Waals surface area contributed by atoms with Crippen LogP contribution in [-0.4, -0.2) is 25.4 Å². The van der Waals surface area contributed by atoms with Gasteiger partial charge in [-0.3, -0.25) is 5.14 Å². The minimum absolute atomic E-state index is 0.597. The van der Waals surface area contributed by atoms with Crippen molar-refractivity contribution < 1.29 is 0 Å². The molecule has 0 aromatic heterocycles. The van der Waals surface area contributed by atoms with E-state index >= 15 is 0 Å². The molecule has 7 heteroatoms. The predicted molar refractivity (Wildman–Crippen MR) is 38.6 cm³/mol. The van der Waals surface area contributed by atoms with E-state index in [2.05, 4.69) is 25.4 Å². The van der Waals surface area contributed by atoms with Gasteiger partial charge in [-0.15, -0.1) is 10.2 Å². The molecule has 0 aromatic rings. The number of nitrogens with one attached hydrogen (secondary N) is 1. The number of aromatic amines is 1. The van der Waals surface area contributed by atoms with Crippen LogP contribution < -0.4 is 5.14 Å². The lowest BCUT2D eigenvalue weighted by atomic mass is 10.4. The fraction of sp³-hybridized carbons (Fsp3) is 0. The summed E-state index contributed by atoms with van der Waals surface area (Å²) in [6.07, 6.45) is 1.57. The third-order valence-electron chi connectivity index (χ3n) is 1.18. The minimum Gasteiger partial charge on any atom is -0.315 e. The molecule has 56 valence electrons. The average Bonchev–Trinajstić information content (AvgIpc) is 2.50. The Morgan fingerprint density at radius 2 is 2.36 bits per heavy atom. The van der Waals surface area contributed by atoms with Crippen LogP contribution in [0.2, 0.25) is 0 Å². The molecule has 0 aliphatic carbocycles. The lowest BCUT2D eigenvalue weighted by molar-refractivity contribution is 0.929. The summed E-state index contributed by atoms with van der Waals surface area (Å²) in [7, 11) is 0. The first-order valence-corrected chi connectivity index (χ1v) is 3.69. The maximum atomic E-state index is 5.26. The minimum atomic E-state index is 0.597. The summed E-state index contributed by atoms with van der Waals surface area (Å²) in [5.74, 6) is 0.605. The van der Waals surface area contributed by atoms with Gasteiger partial charge in [0.05, 0.1) is 6.20 Å².